The molecular formula is C23H18ClN5O3S. The van der Waals surface area contributed by atoms with E-state index in [1.54, 1.807) is 7.11 Å². The number of nitrogens with one attached hydrogen (secondary N) is 1. The number of thiazole rings is 1. The number of aromatic nitrogens is 3. The van der Waals surface area contributed by atoms with Crippen molar-refractivity contribution < 1.29 is 13.9 Å². The molecule has 166 valence electrons. The van der Waals surface area contributed by atoms with E-state index in [1.165, 1.54) is 11.3 Å². The number of rotatable bonds is 7. The highest BCUT2D eigenvalue weighted by atomic mass is 35.5. The molecule has 2 aromatic carbocycles. The zero-order valence-electron chi connectivity index (χ0n) is 17.6. The highest BCUT2D eigenvalue weighted by Gasteiger charge is 2.44. The van der Waals surface area contributed by atoms with Crippen molar-refractivity contribution in [2.24, 2.45) is 0 Å². The summed E-state index contributed by atoms with van der Waals surface area (Å²) in [6.07, 6.45) is 1.61. The number of nitrogens with zero attached hydrogens (tertiary/aromatic N) is 4. The van der Waals surface area contributed by atoms with Crippen LogP contribution in [0.25, 0.3) is 21.3 Å². The summed E-state index contributed by atoms with van der Waals surface area (Å²) in [5, 5.41) is 21.2. The molecule has 1 aliphatic carbocycles. The predicted octanol–water partition coefficient (Wildman–Crippen LogP) is 4.31. The van der Waals surface area contributed by atoms with E-state index in [0.29, 0.717) is 35.9 Å². The molecule has 1 aliphatic rings. The van der Waals surface area contributed by atoms with Crippen molar-refractivity contribution >= 4 is 39.1 Å². The molecule has 0 atom stereocenters. The van der Waals surface area contributed by atoms with Crippen LogP contribution in [0.4, 0.5) is 0 Å². The molecule has 0 radical (unpaired) electrons. The van der Waals surface area contributed by atoms with Gasteiger partial charge in [-0.1, -0.05) is 29.8 Å². The Hall–Kier alpha value is -3.48. The van der Waals surface area contributed by atoms with Crippen LogP contribution in [-0.4, -0.2) is 33.7 Å². The Bertz CT molecular complexity index is 1400. The first-order valence-corrected chi connectivity index (χ1v) is 11.4. The molecule has 0 bridgehead atoms. The van der Waals surface area contributed by atoms with Crippen LogP contribution in [0, 0.1) is 11.3 Å². The van der Waals surface area contributed by atoms with Crippen molar-refractivity contribution in [3.05, 3.63) is 58.2 Å². The average molecular weight is 480 g/mol. The lowest BCUT2D eigenvalue weighted by atomic mass is 10.1. The standard InChI is InChI=1S/C23H18ClN5O3S/c1-31-16-8-13(14-4-2-3-5-15(14)24)9-17-22(16)26-21(33-17)11-20-29-28-19(32-20)10-18(30)27-23(12-25)6-7-23/h2-5,8-9H,6-7,10-11H2,1H3,(H,27,30). The van der Waals surface area contributed by atoms with E-state index in [4.69, 9.17) is 31.0 Å². The predicted molar refractivity (Wildman–Crippen MR) is 123 cm³/mol. The Balaban J connectivity index is 1.35. The van der Waals surface area contributed by atoms with Gasteiger partial charge in [0, 0.05) is 10.6 Å². The molecule has 2 heterocycles. The van der Waals surface area contributed by atoms with E-state index in [0.717, 1.165) is 26.4 Å². The first kappa shape index (κ1) is 21.4. The van der Waals surface area contributed by atoms with Gasteiger partial charge < -0.3 is 14.5 Å². The average Bonchev–Trinajstić information content (AvgIpc) is 3.24. The lowest BCUT2D eigenvalue weighted by molar-refractivity contribution is -0.121. The van der Waals surface area contributed by atoms with Gasteiger partial charge in [-0.05, 0) is 36.6 Å². The molecule has 2 aromatic heterocycles. The Kier molecular flexibility index (Phi) is 5.48. The Labute approximate surface area is 198 Å². The minimum absolute atomic E-state index is 0.0642. The number of nitriles is 1. The zero-order chi connectivity index (χ0) is 23.0. The van der Waals surface area contributed by atoms with Crippen LogP contribution < -0.4 is 10.1 Å². The molecular weight excluding hydrogens is 462 g/mol. The van der Waals surface area contributed by atoms with E-state index in [1.807, 2.05) is 36.4 Å². The molecule has 5 rings (SSSR count). The second kappa shape index (κ2) is 8.46. The van der Waals surface area contributed by atoms with Gasteiger partial charge in [0.1, 0.15) is 28.2 Å². The van der Waals surface area contributed by atoms with Crippen molar-refractivity contribution in [3.8, 4) is 22.9 Å². The summed E-state index contributed by atoms with van der Waals surface area (Å²) >= 11 is 7.88. The lowest BCUT2D eigenvalue weighted by Crippen LogP contribution is -2.36. The van der Waals surface area contributed by atoms with Gasteiger partial charge in [-0.2, -0.15) is 5.26 Å². The van der Waals surface area contributed by atoms with Gasteiger partial charge >= 0.3 is 0 Å². The van der Waals surface area contributed by atoms with Gasteiger partial charge in [-0.15, -0.1) is 21.5 Å². The third-order valence-corrected chi connectivity index (χ3v) is 6.71. The third-order valence-electron chi connectivity index (χ3n) is 5.37. The van der Waals surface area contributed by atoms with Crippen LogP contribution in [0.1, 0.15) is 29.6 Å². The first-order chi connectivity index (χ1) is 16.0. The molecule has 1 N–H and O–H groups in total. The maximum absolute atomic E-state index is 12.1. The van der Waals surface area contributed by atoms with E-state index in [9.17, 15) is 4.79 Å². The van der Waals surface area contributed by atoms with Gasteiger partial charge in [0.25, 0.3) is 0 Å². The number of halogens is 1. The second-order valence-electron chi connectivity index (χ2n) is 7.80. The van der Waals surface area contributed by atoms with Gasteiger partial charge in [-0.3, -0.25) is 4.79 Å². The van der Waals surface area contributed by atoms with Crippen molar-refractivity contribution in [1.29, 1.82) is 5.26 Å². The molecule has 0 unspecified atom stereocenters. The topological polar surface area (TPSA) is 114 Å². The fourth-order valence-electron chi connectivity index (χ4n) is 3.53. The maximum atomic E-state index is 12.1. The number of fused-ring (bicyclic) bond motifs is 1. The summed E-state index contributed by atoms with van der Waals surface area (Å²) < 4.78 is 12.2. The van der Waals surface area contributed by atoms with E-state index >= 15 is 0 Å². The van der Waals surface area contributed by atoms with Gasteiger partial charge in [0.15, 0.2) is 0 Å². The minimum Gasteiger partial charge on any atom is -0.494 e. The fourth-order valence-corrected chi connectivity index (χ4v) is 4.79. The molecule has 0 saturated heterocycles. The molecule has 0 spiro atoms. The SMILES string of the molecule is COc1cc(-c2ccccc2Cl)cc2sc(Cc3nnc(CC(=O)NC4(C#N)CC4)o3)nc12. The van der Waals surface area contributed by atoms with Crippen LogP contribution in [0.2, 0.25) is 5.02 Å². The van der Waals surface area contributed by atoms with Crippen molar-refractivity contribution in [1.82, 2.24) is 20.5 Å². The zero-order valence-corrected chi connectivity index (χ0v) is 19.2. The van der Waals surface area contributed by atoms with Crippen LogP contribution in [0.15, 0.2) is 40.8 Å². The Morgan fingerprint density at radius 1 is 1.30 bits per heavy atom. The minimum atomic E-state index is -0.719. The van der Waals surface area contributed by atoms with Crippen LogP contribution in [-0.2, 0) is 17.6 Å². The summed E-state index contributed by atoms with van der Waals surface area (Å²) in [7, 11) is 1.61. The smallest absolute Gasteiger partial charge is 0.230 e. The molecule has 1 amide bonds. The molecule has 33 heavy (non-hydrogen) atoms. The van der Waals surface area contributed by atoms with E-state index in [2.05, 4.69) is 21.6 Å². The number of benzene rings is 2. The third kappa shape index (κ3) is 4.40. The normalized spacial score (nSPS) is 14.1. The molecule has 10 heteroatoms. The molecule has 1 saturated carbocycles. The van der Waals surface area contributed by atoms with Crippen molar-refractivity contribution in [3.63, 3.8) is 0 Å². The van der Waals surface area contributed by atoms with Crippen LogP contribution >= 0.6 is 22.9 Å². The van der Waals surface area contributed by atoms with Crippen LogP contribution in [0.5, 0.6) is 5.75 Å². The second-order valence-corrected chi connectivity index (χ2v) is 9.32. The van der Waals surface area contributed by atoms with Crippen LogP contribution in [0.3, 0.4) is 0 Å². The van der Waals surface area contributed by atoms with Gasteiger partial charge in [0.2, 0.25) is 17.7 Å². The molecule has 0 aliphatic heterocycles. The number of hydrogen-bond acceptors (Lipinski definition) is 8. The summed E-state index contributed by atoms with van der Waals surface area (Å²) in [5.74, 6) is 0.917. The maximum Gasteiger partial charge on any atom is 0.230 e. The van der Waals surface area contributed by atoms with Crippen molar-refractivity contribution in [2.75, 3.05) is 7.11 Å². The quantitative estimate of drug-likeness (QED) is 0.420. The number of ether oxygens (including phenoxy) is 1. The summed E-state index contributed by atoms with van der Waals surface area (Å²) in [4.78, 5) is 16.8. The number of hydrogen-bond donors (Lipinski definition) is 1. The number of carbonyl (C=O) groups excluding carboxylic acids is 1. The number of carbonyl (C=O) groups is 1. The molecule has 4 aromatic rings. The fraction of sp³-hybridized carbons (Fsp3) is 0.261. The largest absolute Gasteiger partial charge is 0.494 e. The Morgan fingerprint density at radius 3 is 2.82 bits per heavy atom. The number of methoxy groups -OCH3 is 1. The first-order valence-electron chi connectivity index (χ1n) is 10.2. The Morgan fingerprint density at radius 2 is 2.09 bits per heavy atom. The van der Waals surface area contributed by atoms with E-state index < -0.39 is 5.54 Å². The molecule has 8 nitrogen and oxygen atoms in total. The summed E-state index contributed by atoms with van der Waals surface area (Å²) in [5.41, 5.74) is 1.89. The van der Waals surface area contributed by atoms with Crippen molar-refractivity contribution in [2.45, 2.75) is 31.2 Å². The monoisotopic (exact) mass is 479 g/mol. The highest BCUT2D eigenvalue weighted by molar-refractivity contribution is 7.18. The highest BCUT2D eigenvalue weighted by Crippen LogP contribution is 2.38. The molecule has 1 fully saturated rings. The van der Waals surface area contributed by atoms with Gasteiger partial charge in [0.05, 0.1) is 24.3 Å². The number of amides is 1. The summed E-state index contributed by atoms with van der Waals surface area (Å²) in [6.45, 7) is 0. The lowest BCUT2D eigenvalue weighted by Gasteiger charge is -2.07. The van der Waals surface area contributed by atoms with Gasteiger partial charge in [-0.25, -0.2) is 4.98 Å². The summed E-state index contributed by atoms with van der Waals surface area (Å²) in [6, 6.07) is 13.7. The van der Waals surface area contributed by atoms with E-state index in [-0.39, 0.29) is 18.2 Å².